The second-order valence-corrected chi connectivity index (χ2v) is 7.26. The summed E-state index contributed by atoms with van der Waals surface area (Å²) in [5.41, 5.74) is 0.629. The molecule has 1 atom stereocenters. The molecule has 0 spiro atoms. The number of nitrogens with zero attached hydrogens (tertiary/aromatic N) is 1. The molecule has 0 N–H and O–H groups in total. The standard InChI is InChI=1S/C16H14F3NO2S/c17-12-5-3-11(4-6-12)15-2-1-9-20(15)23(21,22)16-10-13(18)7-8-14(16)19/h3-8,10,15H,1-2,9H2/t15-/m1/s1. The van der Waals surface area contributed by atoms with Gasteiger partial charge in [0.05, 0.1) is 6.04 Å². The Bertz CT molecular complexity index is 822. The Morgan fingerprint density at radius 2 is 1.61 bits per heavy atom. The Balaban J connectivity index is 2.01. The predicted molar refractivity (Wildman–Crippen MR) is 78.6 cm³/mol. The first-order chi connectivity index (χ1) is 10.9. The third-order valence-corrected chi connectivity index (χ3v) is 5.86. The summed E-state index contributed by atoms with van der Waals surface area (Å²) < 4.78 is 66.8. The van der Waals surface area contributed by atoms with Crippen LogP contribution in [0.4, 0.5) is 13.2 Å². The van der Waals surface area contributed by atoms with Gasteiger partial charge < -0.3 is 0 Å². The molecule has 122 valence electrons. The zero-order chi connectivity index (χ0) is 16.6. The molecule has 0 bridgehead atoms. The van der Waals surface area contributed by atoms with Gasteiger partial charge in [-0.2, -0.15) is 4.31 Å². The third kappa shape index (κ3) is 2.98. The van der Waals surface area contributed by atoms with Crippen LogP contribution in [-0.2, 0) is 10.0 Å². The topological polar surface area (TPSA) is 37.4 Å². The van der Waals surface area contributed by atoms with Gasteiger partial charge >= 0.3 is 0 Å². The largest absolute Gasteiger partial charge is 0.246 e. The average molecular weight is 341 g/mol. The lowest BCUT2D eigenvalue weighted by atomic mass is 10.1. The molecule has 7 heteroatoms. The van der Waals surface area contributed by atoms with Crippen LogP contribution in [-0.4, -0.2) is 19.3 Å². The lowest BCUT2D eigenvalue weighted by Crippen LogP contribution is -2.31. The number of rotatable bonds is 3. The molecule has 3 nitrogen and oxygen atoms in total. The van der Waals surface area contributed by atoms with Crippen LogP contribution < -0.4 is 0 Å². The van der Waals surface area contributed by atoms with E-state index in [2.05, 4.69) is 0 Å². The Labute approximate surface area is 132 Å². The molecule has 23 heavy (non-hydrogen) atoms. The zero-order valence-electron chi connectivity index (χ0n) is 12.0. The summed E-state index contributed by atoms with van der Waals surface area (Å²) in [7, 11) is -4.17. The van der Waals surface area contributed by atoms with Crippen molar-refractivity contribution in [2.45, 2.75) is 23.8 Å². The first-order valence-electron chi connectivity index (χ1n) is 7.12. The van der Waals surface area contributed by atoms with Crippen molar-refractivity contribution in [2.75, 3.05) is 6.54 Å². The highest BCUT2D eigenvalue weighted by Crippen LogP contribution is 2.37. The molecule has 0 unspecified atom stereocenters. The van der Waals surface area contributed by atoms with Gasteiger partial charge in [0.25, 0.3) is 0 Å². The van der Waals surface area contributed by atoms with Gasteiger partial charge in [0.2, 0.25) is 10.0 Å². The van der Waals surface area contributed by atoms with Crippen molar-refractivity contribution >= 4 is 10.0 Å². The lowest BCUT2D eigenvalue weighted by molar-refractivity contribution is 0.392. The number of sulfonamides is 1. The molecule has 2 aromatic carbocycles. The highest BCUT2D eigenvalue weighted by molar-refractivity contribution is 7.89. The fourth-order valence-corrected chi connectivity index (χ4v) is 4.61. The number of hydrogen-bond donors (Lipinski definition) is 0. The maximum atomic E-state index is 13.9. The van der Waals surface area contributed by atoms with Crippen LogP contribution >= 0.6 is 0 Å². The number of hydrogen-bond acceptors (Lipinski definition) is 2. The molecule has 0 saturated carbocycles. The van der Waals surface area contributed by atoms with E-state index in [0.717, 1.165) is 16.4 Å². The quantitative estimate of drug-likeness (QED) is 0.855. The number of halogens is 3. The van der Waals surface area contributed by atoms with Crippen LogP contribution in [0.3, 0.4) is 0 Å². The van der Waals surface area contributed by atoms with Crippen LogP contribution in [0.15, 0.2) is 47.4 Å². The maximum absolute atomic E-state index is 13.9. The first-order valence-corrected chi connectivity index (χ1v) is 8.56. The van der Waals surface area contributed by atoms with Crippen molar-refractivity contribution in [3.05, 3.63) is 65.5 Å². The summed E-state index contributed by atoms with van der Waals surface area (Å²) in [5.74, 6) is -2.23. The van der Waals surface area contributed by atoms with E-state index in [1.54, 1.807) is 0 Å². The Hall–Kier alpha value is -1.86. The van der Waals surface area contributed by atoms with E-state index >= 15 is 0 Å². The van der Waals surface area contributed by atoms with Gasteiger partial charge in [0.1, 0.15) is 22.3 Å². The summed E-state index contributed by atoms with van der Waals surface area (Å²) in [5, 5.41) is 0. The summed E-state index contributed by atoms with van der Waals surface area (Å²) in [6.07, 6.45) is 1.14. The molecule has 1 fully saturated rings. The molecule has 1 heterocycles. The third-order valence-electron chi connectivity index (χ3n) is 3.94. The Morgan fingerprint density at radius 3 is 2.30 bits per heavy atom. The minimum atomic E-state index is -4.17. The Morgan fingerprint density at radius 1 is 0.957 bits per heavy atom. The SMILES string of the molecule is O=S(=O)(c1cc(F)ccc1F)N1CCC[C@@H]1c1ccc(F)cc1. The summed E-state index contributed by atoms with van der Waals surface area (Å²) in [4.78, 5) is -0.675. The lowest BCUT2D eigenvalue weighted by Gasteiger charge is -2.24. The smallest absolute Gasteiger partial charge is 0.207 e. The molecule has 2 aromatic rings. The van der Waals surface area contributed by atoms with E-state index in [-0.39, 0.29) is 6.54 Å². The van der Waals surface area contributed by atoms with Crippen LogP contribution in [0.5, 0.6) is 0 Å². The van der Waals surface area contributed by atoms with Gasteiger partial charge in [-0.25, -0.2) is 21.6 Å². The van der Waals surface area contributed by atoms with Gasteiger partial charge in [-0.1, -0.05) is 12.1 Å². The van der Waals surface area contributed by atoms with Gasteiger partial charge in [-0.15, -0.1) is 0 Å². The highest BCUT2D eigenvalue weighted by atomic mass is 32.2. The van der Waals surface area contributed by atoms with Crippen molar-refractivity contribution in [2.24, 2.45) is 0 Å². The molecular formula is C16H14F3NO2S. The van der Waals surface area contributed by atoms with Crippen LogP contribution in [0, 0.1) is 17.5 Å². The maximum Gasteiger partial charge on any atom is 0.246 e. The zero-order valence-corrected chi connectivity index (χ0v) is 12.9. The van der Waals surface area contributed by atoms with E-state index in [0.29, 0.717) is 24.5 Å². The second kappa shape index (κ2) is 5.98. The molecule has 1 saturated heterocycles. The van der Waals surface area contributed by atoms with Crippen LogP contribution in [0.1, 0.15) is 24.4 Å². The first kappa shape index (κ1) is 16.0. The molecule has 0 radical (unpaired) electrons. The second-order valence-electron chi connectivity index (χ2n) is 5.40. The van der Waals surface area contributed by atoms with Crippen molar-refractivity contribution in [3.8, 4) is 0 Å². The summed E-state index contributed by atoms with van der Waals surface area (Å²) in [6, 6.07) is 7.36. The van der Waals surface area contributed by atoms with Crippen molar-refractivity contribution < 1.29 is 21.6 Å². The minimum Gasteiger partial charge on any atom is -0.207 e. The van der Waals surface area contributed by atoms with Gasteiger partial charge in [0.15, 0.2) is 0 Å². The van der Waals surface area contributed by atoms with E-state index in [1.807, 2.05) is 0 Å². The molecule has 0 amide bonds. The Kier molecular flexibility index (Phi) is 4.16. The van der Waals surface area contributed by atoms with E-state index < -0.39 is 38.4 Å². The van der Waals surface area contributed by atoms with Crippen molar-refractivity contribution in [3.63, 3.8) is 0 Å². The highest BCUT2D eigenvalue weighted by Gasteiger charge is 2.37. The van der Waals surface area contributed by atoms with E-state index in [4.69, 9.17) is 0 Å². The average Bonchev–Trinajstić information content (AvgIpc) is 3.00. The molecule has 0 aliphatic carbocycles. The normalized spacial score (nSPS) is 19.2. The van der Waals surface area contributed by atoms with Crippen LogP contribution in [0.2, 0.25) is 0 Å². The van der Waals surface area contributed by atoms with E-state index in [9.17, 15) is 21.6 Å². The van der Waals surface area contributed by atoms with Gasteiger partial charge in [0, 0.05) is 6.54 Å². The summed E-state index contributed by atoms with van der Waals surface area (Å²) in [6.45, 7) is 0.209. The molecule has 1 aliphatic rings. The fraction of sp³-hybridized carbons (Fsp3) is 0.250. The molecule has 3 rings (SSSR count). The van der Waals surface area contributed by atoms with Crippen molar-refractivity contribution in [1.82, 2.24) is 4.31 Å². The summed E-state index contributed by atoms with van der Waals surface area (Å²) >= 11 is 0. The monoisotopic (exact) mass is 341 g/mol. The van der Waals surface area contributed by atoms with Crippen molar-refractivity contribution in [1.29, 1.82) is 0 Å². The molecular weight excluding hydrogens is 327 g/mol. The van der Waals surface area contributed by atoms with Gasteiger partial charge in [-0.3, -0.25) is 0 Å². The fourth-order valence-electron chi connectivity index (χ4n) is 2.85. The van der Waals surface area contributed by atoms with Gasteiger partial charge in [-0.05, 0) is 48.7 Å². The predicted octanol–water partition coefficient (Wildman–Crippen LogP) is 3.63. The number of benzene rings is 2. The molecule has 0 aromatic heterocycles. The minimum absolute atomic E-state index is 0.209. The molecule has 1 aliphatic heterocycles. The van der Waals surface area contributed by atoms with Crippen LogP contribution in [0.25, 0.3) is 0 Å². The van der Waals surface area contributed by atoms with E-state index in [1.165, 1.54) is 24.3 Å².